The number of aromatic nitrogens is 1. The Kier molecular flexibility index (Phi) is 5.67. The maximum Gasteiger partial charge on any atom is 0.118 e. The van der Waals surface area contributed by atoms with Crippen LogP contribution in [0.5, 0.6) is 5.75 Å². The van der Waals surface area contributed by atoms with E-state index in [0.717, 1.165) is 51.6 Å². The molecular formula is C23H32N4O. The SMILES string of the molecule is COc1ccc(CN2C[C@@H]3CN(Cc4ccccn4)CCN3C(C)(C)C2)cc1. The van der Waals surface area contributed by atoms with Crippen molar-refractivity contribution < 1.29 is 4.74 Å². The van der Waals surface area contributed by atoms with E-state index in [0.29, 0.717) is 6.04 Å². The molecule has 1 aromatic carbocycles. The van der Waals surface area contributed by atoms with Gasteiger partial charge in [-0.25, -0.2) is 0 Å². The zero-order valence-corrected chi connectivity index (χ0v) is 17.3. The molecular weight excluding hydrogens is 348 g/mol. The average Bonchev–Trinajstić information content (AvgIpc) is 2.68. The summed E-state index contributed by atoms with van der Waals surface area (Å²) in [5.74, 6) is 0.923. The van der Waals surface area contributed by atoms with Crippen molar-refractivity contribution in [2.75, 3.05) is 39.8 Å². The summed E-state index contributed by atoms with van der Waals surface area (Å²) in [6.07, 6.45) is 1.89. The number of hydrogen-bond acceptors (Lipinski definition) is 5. The number of nitrogens with zero attached hydrogens (tertiary/aromatic N) is 4. The number of methoxy groups -OCH3 is 1. The monoisotopic (exact) mass is 380 g/mol. The molecule has 0 unspecified atom stereocenters. The van der Waals surface area contributed by atoms with Gasteiger partial charge in [0.05, 0.1) is 12.8 Å². The topological polar surface area (TPSA) is 31.8 Å². The van der Waals surface area contributed by atoms with Crippen LogP contribution in [0, 0.1) is 0 Å². The molecule has 0 bridgehead atoms. The predicted molar refractivity (Wildman–Crippen MR) is 112 cm³/mol. The van der Waals surface area contributed by atoms with Gasteiger partial charge in [0.15, 0.2) is 0 Å². The first kappa shape index (κ1) is 19.4. The minimum Gasteiger partial charge on any atom is -0.497 e. The van der Waals surface area contributed by atoms with Crippen LogP contribution in [-0.2, 0) is 13.1 Å². The van der Waals surface area contributed by atoms with Gasteiger partial charge in [-0.3, -0.25) is 19.7 Å². The molecule has 0 saturated carbocycles. The first-order valence-corrected chi connectivity index (χ1v) is 10.3. The van der Waals surface area contributed by atoms with E-state index in [-0.39, 0.29) is 5.54 Å². The lowest BCUT2D eigenvalue weighted by Gasteiger charge is -2.55. The molecule has 5 heteroatoms. The number of pyridine rings is 1. The van der Waals surface area contributed by atoms with Gasteiger partial charge in [-0.15, -0.1) is 0 Å². The van der Waals surface area contributed by atoms with Gasteiger partial charge in [0.1, 0.15) is 5.75 Å². The van der Waals surface area contributed by atoms with Crippen LogP contribution in [0.2, 0.25) is 0 Å². The molecule has 150 valence electrons. The summed E-state index contributed by atoms with van der Waals surface area (Å²) in [6.45, 7) is 12.3. The van der Waals surface area contributed by atoms with E-state index in [4.69, 9.17) is 4.74 Å². The van der Waals surface area contributed by atoms with Crippen molar-refractivity contribution in [3.63, 3.8) is 0 Å². The Morgan fingerprint density at radius 3 is 2.50 bits per heavy atom. The van der Waals surface area contributed by atoms with Crippen LogP contribution in [0.15, 0.2) is 48.7 Å². The average molecular weight is 381 g/mol. The normalized spacial score (nSPS) is 23.3. The Hall–Kier alpha value is -1.95. The molecule has 0 spiro atoms. The molecule has 2 saturated heterocycles. The van der Waals surface area contributed by atoms with Gasteiger partial charge in [-0.1, -0.05) is 18.2 Å². The fraction of sp³-hybridized carbons (Fsp3) is 0.522. The van der Waals surface area contributed by atoms with Gasteiger partial charge < -0.3 is 4.74 Å². The second kappa shape index (κ2) is 8.19. The molecule has 2 fully saturated rings. The van der Waals surface area contributed by atoms with Crippen molar-refractivity contribution in [2.45, 2.75) is 38.5 Å². The quantitative estimate of drug-likeness (QED) is 0.796. The first-order valence-electron chi connectivity index (χ1n) is 10.3. The van der Waals surface area contributed by atoms with Crippen LogP contribution in [0.3, 0.4) is 0 Å². The minimum atomic E-state index is 0.201. The van der Waals surface area contributed by atoms with E-state index in [2.05, 4.69) is 69.9 Å². The molecule has 28 heavy (non-hydrogen) atoms. The van der Waals surface area contributed by atoms with Crippen molar-refractivity contribution in [3.8, 4) is 5.75 Å². The highest BCUT2D eigenvalue weighted by atomic mass is 16.5. The molecule has 0 aliphatic carbocycles. The number of benzene rings is 1. The van der Waals surface area contributed by atoms with E-state index in [1.807, 2.05) is 12.3 Å². The largest absolute Gasteiger partial charge is 0.497 e. The standard InChI is InChI=1S/C23H32N4O/c1-23(2)18-26(14-19-7-9-22(28-3)10-8-19)17-21-16-25(12-13-27(21)23)15-20-6-4-5-11-24-20/h4-11,21H,12-18H2,1-3H3/t21-/m0/s1. The molecule has 2 aliphatic rings. The van der Waals surface area contributed by atoms with Crippen molar-refractivity contribution >= 4 is 0 Å². The van der Waals surface area contributed by atoms with E-state index >= 15 is 0 Å². The van der Waals surface area contributed by atoms with Crippen LogP contribution in [-0.4, -0.2) is 71.1 Å². The smallest absolute Gasteiger partial charge is 0.118 e. The van der Waals surface area contributed by atoms with E-state index < -0.39 is 0 Å². The minimum absolute atomic E-state index is 0.201. The third-order valence-electron chi connectivity index (χ3n) is 6.10. The number of fused-ring (bicyclic) bond motifs is 1. The fourth-order valence-electron chi connectivity index (χ4n) is 4.85. The van der Waals surface area contributed by atoms with Gasteiger partial charge in [-0.05, 0) is 43.7 Å². The molecule has 3 heterocycles. The van der Waals surface area contributed by atoms with Crippen LogP contribution < -0.4 is 4.74 Å². The van der Waals surface area contributed by atoms with Crippen LogP contribution in [0.1, 0.15) is 25.1 Å². The molecule has 5 nitrogen and oxygen atoms in total. The van der Waals surface area contributed by atoms with E-state index in [1.165, 1.54) is 11.3 Å². The third-order valence-corrected chi connectivity index (χ3v) is 6.10. The Balaban J connectivity index is 1.42. The number of piperazine rings is 2. The second-order valence-electron chi connectivity index (χ2n) is 8.73. The van der Waals surface area contributed by atoms with Gasteiger partial charge >= 0.3 is 0 Å². The Labute approximate surface area is 168 Å². The fourth-order valence-corrected chi connectivity index (χ4v) is 4.85. The summed E-state index contributed by atoms with van der Waals surface area (Å²) in [5.41, 5.74) is 2.72. The lowest BCUT2D eigenvalue weighted by molar-refractivity contribution is -0.0686. The van der Waals surface area contributed by atoms with Gasteiger partial charge in [0, 0.05) is 63.6 Å². The summed E-state index contributed by atoms with van der Waals surface area (Å²) in [4.78, 5) is 12.4. The van der Waals surface area contributed by atoms with Crippen molar-refractivity contribution in [1.82, 2.24) is 19.7 Å². The molecule has 4 rings (SSSR count). The summed E-state index contributed by atoms with van der Waals surface area (Å²) in [6, 6.07) is 15.3. The Morgan fingerprint density at radius 1 is 1.00 bits per heavy atom. The van der Waals surface area contributed by atoms with Crippen molar-refractivity contribution in [1.29, 1.82) is 0 Å². The number of ether oxygens (including phenoxy) is 1. The first-order chi connectivity index (χ1) is 13.5. The summed E-state index contributed by atoms with van der Waals surface area (Å²) >= 11 is 0. The summed E-state index contributed by atoms with van der Waals surface area (Å²) in [7, 11) is 1.72. The van der Waals surface area contributed by atoms with E-state index in [1.54, 1.807) is 7.11 Å². The zero-order valence-electron chi connectivity index (χ0n) is 17.3. The summed E-state index contributed by atoms with van der Waals surface area (Å²) in [5, 5.41) is 0. The number of hydrogen-bond donors (Lipinski definition) is 0. The maximum absolute atomic E-state index is 5.29. The Morgan fingerprint density at radius 2 is 1.79 bits per heavy atom. The van der Waals surface area contributed by atoms with Gasteiger partial charge in [0.2, 0.25) is 0 Å². The molecule has 0 amide bonds. The second-order valence-corrected chi connectivity index (χ2v) is 8.73. The van der Waals surface area contributed by atoms with Gasteiger partial charge in [0.25, 0.3) is 0 Å². The molecule has 1 atom stereocenters. The van der Waals surface area contributed by atoms with Gasteiger partial charge in [-0.2, -0.15) is 0 Å². The lowest BCUT2D eigenvalue weighted by Crippen LogP contribution is -2.69. The summed E-state index contributed by atoms with van der Waals surface area (Å²) < 4.78 is 5.29. The zero-order chi connectivity index (χ0) is 19.6. The highest BCUT2D eigenvalue weighted by molar-refractivity contribution is 5.27. The molecule has 0 radical (unpaired) electrons. The van der Waals surface area contributed by atoms with Crippen molar-refractivity contribution in [3.05, 3.63) is 59.9 Å². The van der Waals surface area contributed by atoms with Crippen LogP contribution in [0.25, 0.3) is 0 Å². The predicted octanol–water partition coefficient (Wildman–Crippen LogP) is 2.87. The van der Waals surface area contributed by atoms with Crippen LogP contribution in [0.4, 0.5) is 0 Å². The van der Waals surface area contributed by atoms with E-state index in [9.17, 15) is 0 Å². The molecule has 2 aliphatic heterocycles. The highest BCUT2D eigenvalue weighted by Crippen LogP contribution is 2.29. The van der Waals surface area contributed by atoms with Crippen molar-refractivity contribution in [2.24, 2.45) is 0 Å². The van der Waals surface area contributed by atoms with Crippen LogP contribution >= 0.6 is 0 Å². The molecule has 2 aromatic rings. The Bertz CT molecular complexity index is 762. The third kappa shape index (κ3) is 4.37. The molecule has 1 aromatic heterocycles. The maximum atomic E-state index is 5.29. The number of rotatable bonds is 5. The lowest BCUT2D eigenvalue weighted by atomic mass is 9.92. The highest BCUT2D eigenvalue weighted by Gasteiger charge is 2.42. The molecule has 0 N–H and O–H groups in total.